The van der Waals surface area contributed by atoms with Crippen molar-refractivity contribution in [1.82, 2.24) is 9.62 Å². The van der Waals surface area contributed by atoms with Crippen molar-refractivity contribution in [2.75, 3.05) is 19.6 Å². The fourth-order valence-corrected chi connectivity index (χ4v) is 5.51. The maximum atomic E-state index is 12.7. The quantitative estimate of drug-likeness (QED) is 0.606. The number of rotatable bonds is 10. The van der Waals surface area contributed by atoms with E-state index < -0.39 is 10.0 Å². The van der Waals surface area contributed by atoms with Gasteiger partial charge in [0.2, 0.25) is 15.9 Å². The number of carbonyl (C=O) groups excluding carboxylic acids is 1. The van der Waals surface area contributed by atoms with E-state index in [9.17, 15) is 13.2 Å². The monoisotopic (exact) mass is 428 g/mol. The Hall–Kier alpha value is -1.11. The lowest BCUT2D eigenvalue weighted by molar-refractivity contribution is -0.126. The van der Waals surface area contributed by atoms with Crippen molar-refractivity contribution in [2.45, 2.75) is 58.1 Å². The van der Waals surface area contributed by atoms with Crippen LogP contribution in [0.2, 0.25) is 5.02 Å². The smallest absolute Gasteiger partial charge is 0.223 e. The Morgan fingerprint density at radius 3 is 2.54 bits per heavy atom. The molecule has 1 N–H and O–H groups in total. The van der Waals surface area contributed by atoms with E-state index in [1.807, 2.05) is 0 Å². The third-order valence-electron chi connectivity index (χ3n) is 5.62. The number of benzene rings is 1. The average molecular weight is 429 g/mol. The van der Waals surface area contributed by atoms with E-state index >= 15 is 0 Å². The molecule has 1 aromatic carbocycles. The second kappa shape index (κ2) is 11.2. The summed E-state index contributed by atoms with van der Waals surface area (Å²) in [5.74, 6) is 0.396. The lowest BCUT2D eigenvalue weighted by Crippen LogP contribution is -2.44. The van der Waals surface area contributed by atoms with Crippen molar-refractivity contribution in [1.29, 1.82) is 0 Å². The molecule has 0 saturated carbocycles. The second-order valence-corrected chi connectivity index (χ2v) is 10.1. The van der Waals surface area contributed by atoms with E-state index in [1.54, 1.807) is 24.3 Å². The maximum absolute atomic E-state index is 12.7. The van der Waals surface area contributed by atoms with Crippen molar-refractivity contribution in [3.8, 4) is 0 Å². The molecule has 7 heteroatoms. The fourth-order valence-electron chi connectivity index (χ4n) is 3.63. The number of nitrogens with zero attached hydrogens (tertiary/aromatic N) is 1. The lowest BCUT2D eigenvalue weighted by Gasteiger charge is -2.31. The largest absolute Gasteiger partial charge is 0.356 e. The molecule has 0 spiro atoms. The zero-order valence-electron chi connectivity index (χ0n) is 17.0. The Morgan fingerprint density at radius 2 is 1.93 bits per heavy atom. The Kier molecular flexibility index (Phi) is 9.25. The van der Waals surface area contributed by atoms with Crippen molar-refractivity contribution in [3.63, 3.8) is 0 Å². The highest BCUT2D eigenvalue weighted by Crippen LogP contribution is 2.24. The number of unbranched alkanes of at least 4 members (excludes halogenated alkanes) is 1. The summed E-state index contributed by atoms with van der Waals surface area (Å²) in [6.45, 7) is 5.84. The Bertz CT molecular complexity index is 731. The first kappa shape index (κ1) is 23.2. The summed E-state index contributed by atoms with van der Waals surface area (Å²) in [6, 6.07) is 7.01. The Morgan fingerprint density at radius 1 is 1.25 bits per heavy atom. The number of hydrogen-bond acceptors (Lipinski definition) is 3. The number of nitrogens with one attached hydrogen (secondary N) is 1. The molecular weight excluding hydrogens is 396 g/mol. The molecule has 28 heavy (non-hydrogen) atoms. The summed E-state index contributed by atoms with van der Waals surface area (Å²) >= 11 is 6.10. The minimum atomic E-state index is -3.43. The van der Waals surface area contributed by atoms with Crippen molar-refractivity contribution in [2.24, 2.45) is 11.8 Å². The molecule has 5 nitrogen and oxygen atoms in total. The first-order valence-electron chi connectivity index (χ1n) is 10.4. The van der Waals surface area contributed by atoms with E-state index in [-0.39, 0.29) is 17.6 Å². The molecule has 1 fully saturated rings. The van der Waals surface area contributed by atoms with Gasteiger partial charge in [0.15, 0.2) is 0 Å². The topological polar surface area (TPSA) is 66.5 Å². The van der Waals surface area contributed by atoms with Gasteiger partial charge in [-0.05, 0) is 36.8 Å². The molecule has 0 aliphatic carbocycles. The molecule has 1 unspecified atom stereocenters. The number of halogens is 1. The minimum absolute atomic E-state index is 0.0677. The zero-order valence-corrected chi connectivity index (χ0v) is 18.6. The van der Waals surface area contributed by atoms with Crippen LogP contribution in [0.5, 0.6) is 0 Å². The SMILES string of the molecule is CCCCC(CC)CNC(=O)C1CCN(S(=O)(=O)Cc2ccccc2Cl)CC1. The van der Waals surface area contributed by atoms with Gasteiger partial charge in [0.1, 0.15) is 0 Å². The third-order valence-corrected chi connectivity index (χ3v) is 7.82. The van der Waals surface area contributed by atoms with Crippen LogP contribution in [-0.4, -0.2) is 38.3 Å². The fraction of sp³-hybridized carbons (Fsp3) is 0.667. The summed E-state index contributed by atoms with van der Waals surface area (Å²) < 4.78 is 26.9. The predicted octanol–water partition coefficient (Wildman–Crippen LogP) is 4.21. The maximum Gasteiger partial charge on any atom is 0.223 e. The van der Waals surface area contributed by atoms with Gasteiger partial charge in [-0.25, -0.2) is 12.7 Å². The van der Waals surface area contributed by atoms with Crippen molar-refractivity contribution < 1.29 is 13.2 Å². The van der Waals surface area contributed by atoms with Crippen LogP contribution in [0.3, 0.4) is 0 Å². The number of sulfonamides is 1. The van der Waals surface area contributed by atoms with Crippen LogP contribution >= 0.6 is 11.6 Å². The minimum Gasteiger partial charge on any atom is -0.356 e. The molecule has 1 saturated heterocycles. The highest BCUT2D eigenvalue weighted by atomic mass is 35.5. The van der Waals surface area contributed by atoms with Crippen molar-refractivity contribution in [3.05, 3.63) is 34.9 Å². The Balaban J connectivity index is 1.82. The summed E-state index contributed by atoms with van der Waals surface area (Å²) in [4.78, 5) is 12.5. The first-order valence-corrected chi connectivity index (χ1v) is 12.3. The van der Waals surface area contributed by atoms with Gasteiger partial charge in [-0.2, -0.15) is 0 Å². The van der Waals surface area contributed by atoms with E-state index in [0.29, 0.717) is 42.4 Å². The van der Waals surface area contributed by atoms with Gasteiger partial charge in [-0.1, -0.05) is 62.9 Å². The molecule has 1 amide bonds. The summed E-state index contributed by atoms with van der Waals surface area (Å²) in [6.07, 6.45) is 5.71. The molecule has 1 aromatic rings. The Labute approximate surface area is 174 Å². The van der Waals surface area contributed by atoms with Gasteiger partial charge < -0.3 is 5.32 Å². The highest BCUT2D eigenvalue weighted by Gasteiger charge is 2.31. The molecule has 0 aromatic heterocycles. The standard InChI is InChI=1S/C21H33ClN2O3S/c1-3-5-8-17(4-2)15-23-21(25)18-11-13-24(14-12-18)28(26,27)16-19-9-6-7-10-20(19)22/h6-7,9-10,17-18H,3-5,8,11-16H2,1-2H3,(H,23,25). The molecule has 1 heterocycles. The molecule has 1 atom stereocenters. The van der Waals surface area contributed by atoms with Gasteiger partial charge in [0.25, 0.3) is 0 Å². The van der Waals surface area contributed by atoms with Gasteiger partial charge in [-0.3, -0.25) is 4.79 Å². The zero-order chi connectivity index (χ0) is 20.6. The van der Waals surface area contributed by atoms with E-state index in [4.69, 9.17) is 11.6 Å². The number of piperidine rings is 1. The normalized spacial score (nSPS) is 17.4. The van der Waals surface area contributed by atoms with Gasteiger partial charge in [0.05, 0.1) is 5.75 Å². The van der Waals surface area contributed by atoms with Crippen LogP contribution in [0.25, 0.3) is 0 Å². The third kappa shape index (κ3) is 6.75. The molecule has 2 rings (SSSR count). The van der Waals surface area contributed by atoms with Gasteiger partial charge in [-0.15, -0.1) is 0 Å². The van der Waals surface area contributed by atoms with E-state index in [2.05, 4.69) is 19.2 Å². The molecule has 0 bridgehead atoms. The summed E-state index contributed by atoms with van der Waals surface area (Å²) in [7, 11) is -3.43. The molecule has 1 aliphatic heterocycles. The van der Waals surface area contributed by atoms with Crippen LogP contribution in [-0.2, 0) is 20.6 Å². The average Bonchev–Trinajstić information content (AvgIpc) is 2.69. The summed E-state index contributed by atoms with van der Waals surface area (Å²) in [5, 5.41) is 3.56. The molecule has 158 valence electrons. The van der Waals surface area contributed by atoms with Crippen molar-refractivity contribution >= 4 is 27.5 Å². The van der Waals surface area contributed by atoms with Crippen LogP contribution in [0, 0.1) is 11.8 Å². The highest BCUT2D eigenvalue weighted by molar-refractivity contribution is 7.88. The number of carbonyl (C=O) groups is 1. The molecule has 0 radical (unpaired) electrons. The van der Waals surface area contributed by atoms with Crippen LogP contribution < -0.4 is 5.32 Å². The number of hydrogen-bond donors (Lipinski definition) is 1. The van der Waals surface area contributed by atoms with Crippen LogP contribution in [0.15, 0.2) is 24.3 Å². The lowest BCUT2D eigenvalue weighted by atomic mass is 9.95. The predicted molar refractivity (Wildman–Crippen MR) is 115 cm³/mol. The second-order valence-electron chi connectivity index (χ2n) is 7.68. The first-order chi connectivity index (χ1) is 13.4. The molecular formula is C21H33ClN2O3S. The van der Waals surface area contributed by atoms with Gasteiger partial charge in [0, 0.05) is 30.6 Å². The van der Waals surface area contributed by atoms with E-state index in [1.165, 1.54) is 17.1 Å². The van der Waals surface area contributed by atoms with Crippen LogP contribution in [0.1, 0.15) is 57.9 Å². The van der Waals surface area contributed by atoms with E-state index in [0.717, 1.165) is 19.4 Å². The molecule has 1 aliphatic rings. The van der Waals surface area contributed by atoms with Crippen LogP contribution in [0.4, 0.5) is 0 Å². The number of amides is 1. The van der Waals surface area contributed by atoms with Gasteiger partial charge >= 0.3 is 0 Å². The summed E-state index contributed by atoms with van der Waals surface area (Å²) in [5.41, 5.74) is 0.613.